The Morgan fingerprint density at radius 3 is 2.64 bits per heavy atom. The van der Waals surface area contributed by atoms with Gasteiger partial charge in [-0.2, -0.15) is 18.3 Å². The van der Waals surface area contributed by atoms with E-state index in [2.05, 4.69) is 15.5 Å². The molecule has 2 N–H and O–H groups in total. The van der Waals surface area contributed by atoms with Gasteiger partial charge in [0.2, 0.25) is 0 Å². The third kappa shape index (κ3) is 3.29. The van der Waals surface area contributed by atoms with E-state index >= 15 is 0 Å². The quantitative estimate of drug-likeness (QED) is 0.675. The van der Waals surface area contributed by atoms with Crippen LogP contribution in [0.25, 0.3) is 10.9 Å². The molecule has 1 aromatic heterocycles. The number of hydrogen-bond acceptors (Lipinski definition) is 3. The van der Waals surface area contributed by atoms with Crippen LogP contribution in [-0.2, 0) is 17.9 Å². The van der Waals surface area contributed by atoms with Gasteiger partial charge in [-0.05, 0) is 35.4 Å². The van der Waals surface area contributed by atoms with E-state index in [-0.39, 0.29) is 13.1 Å². The van der Waals surface area contributed by atoms with Crippen molar-refractivity contribution in [1.29, 1.82) is 0 Å². The van der Waals surface area contributed by atoms with Gasteiger partial charge in [0.05, 0.1) is 17.3 Å². The molecule has 0 unspecified atom stereocenters. The van der Waals surface area contributed by atoms with Crippen LogP contribution in [0.4, 0.5) is 18.9 Å². The van der Waals surface area contributed by atoms with Crippen molar-refractivity contribution in [2.75, 3.05) is 5.32 Å². The van der Waals surface area contributed by atoms with Crippen LogP contribution in [0, 0.1) is 0 Å². The number of alkyl halides is 3. The van der Waals surface area contributed by atoms with Gasteiger partial charge in [-0.15, -0.1) is 0 Å². The fraction of sp³-hybridized carbons (Fsp3) is 0.167. The lowest BCUT2D eigenvalue weighted by molar-refractivity contribution is -0.186. The van der Waals surface area contributed by atoms with Crippen LogP contribution in [0.5, 0.6) is 0 Å². The van der Waals surface area contributed by atoms with Gasteiger partial charge >= 0.3 is 12.1 Å². The summed E-state index contributed by atoms with van der Waals surface area (Å²) in [5.41, 5.74) is 2.48. The van der Waals surface area contributed by atoms with Gasteiger partial charge in [0.1, 0.15) is 0 Å². The molecule has 0 aliphatic carbocycles. The maximum atomic E-state index is 12.7. The molecule has 0 atom stereocenters. The first-order chi connectivity index (χ1) is 13.2. The number of benzene rings is 2. The van der Waals surface area contributed by atoms with E-state index in [9.17, 15) is 22.8 Å². The molecule has 0 fully saturated rings. The van der Waals surface area contributed by atoms with E-state index < -0.39 is 18.0 Å². The van der Waals surface area contributed by atoms with Crippen LogP contribution >= 0.6 is 11.6 Å². The van der Waals surface area contributed by atoms with E-state index in [4.69, 9.17) is 11.6 Å². The molecule has 0 saturated heterocycles. The molecule has 0 bridgehead atoms. The minimum absolute atomic E-state index is 0.119. The molecular weight excluding hydrogens is 397 g/mol. The van der Waals surface area contributed by atoms with Crippen molar-refractivity contribution in [2.24, 2.45) is 0 Å². The van der Waals surface area contributed by atoms with E-state index in [0.717, 1.165) is 4.90 Å². The lowest BCUT2D eigenvalue weighted by Gasteiger charge is -2.16. The fourth-order valence-corrected chi connectivity index (χ4v) is 3.42. The number of carbonyl (C=O) groups excluding carboxylic acids is 2. The molecule has 2 amide bonds. The minimum Gasteiger partial charge on any atom is -0.326 e. The number of aromatic amines is 1. The zero-order valence-corrected chi connectivity index (χ0v) is 14.9. The Morgan fingerprint density at radius 1 is 1.14 bits per heavy atom. The number of halogens is 4. The highest BCUT2D eigenvalue weighted by Gasteiger charge is 2.44. The standard InChI is InChI=1S/C18H12ClF3N4O2/c19-11-4-13(14-6-23-25-15(14)5-11)16(27)24-12-2-1-9-7-26(8-10(9)3-12)17(28)18(20,21)22/h1-6H,7-8H2,(H,23,25)(H,24,27). The Labute approximate surface area is 161 Å². The number of rotatable bonds is 2. The first-order valence-electron chi connectivity index (χ1n) is 8.14. The van der Waals surface area contributed by atoms with Crippen LogP contribution in [0.1, 0.15) is 21.5 Å². The molecule has 2 heterocycles. The summed E-state index contributed by atoms with van der Waals surface area (Å²) >= 11 is 6.03. The number of fused-ring (bicyclic) bond motifs is 2. The van der Waals surface area contributed by atoms with Crippen molar-refractivity contribution in [3.05, 3.63) is 58.2 Å². The van der Waals surface area contributed by atoms with Crippen molar-refractivity contribution in [3.8, 4) is 0 Å². The zero-order valence-electron chi connectivity index (χ0n) is 14.1. The van der Waals surface area contributed by atoms with Crippen LogP contribution < -0.4 is 5.32 Å². The molecule has 0 saturated carbocycles. The summed E-state index contributed by atoms with van der Waals surface area (Å²) in [4.78, 5) is 24.8. The predicted octanol–water partition coefficient (Wildman–Crippen LogP) is 3.87. The monoisotopic (exact) mass is 408 g/mol. The number of carbonyl (C=O) groups is 2. The fourth-order valence-electron chi connectivity index (χ4n) is 3.20. The van der Waals surface area contributed by atoms with E-state index in [0.29, 0.717) is 38.3 Å². The van der Waals surface area contributed by atoms with Gasteiger partial charge in [0.15, 0.2) is 0 Å². The summed E-state index contributed by atoms with van der Waals surface area (Å²) in [5.74, 6) is -2.31. The highest BCUT2D eigenvalue weighted by Crippen LogP contribution is 2.30. The smallest absolute Gasteiger partial charge is 0.326 e. The number of anilines is 1. The van der Waals surface area contributed by atoms with Crippen molar-refractivity contribution in [2.45, 2.75) is 19.3 Å². The van der Waals surface area contributed by atoms with E-state index in [1.54, 1.807) is 24.3 Å². The predicted molar refractivity (Wildman–Crippen MR) is 95.8 cm³/mol. The van der Waals surface area contributed by atoms with Crippen molar-refractivity contribution in [3.63, 3.8) is 0 Å². The molecule has 1 aliphatic heterocycles. The number of hydrogen-bond donors (Lipinski definition) is 2. The Hall–Kier alpha value is -3.07. The summed E-state index contributed by atoms with van der Waals surface area (Å²) in [5, 5.41) is 10.3. The van der Waals surface area contributed by atoms with Crippen LogP contribution in [0.15, 0.2) is 36.5 Å². The summed E-state index contributed by atoms with van der Waals surface area (Å²) in [6, 6.07) is 7.89. The highest BCUT2D eigenvalue weighted by molar-refractivity contribution is 6.32. The molecule has 6 nitrogen and oxygen atoms in total. The molecule has 0 radical (unpaired) electrons. The molecule has 28 heavy (non-hydrogen) atoms. The van der Waals surface area contributed by atoms with Gasteiger partial charge < -0.3 is 10.2 Å². The minimum atomic E-state index is -4.92. The third-order valence-electron chi connectivity index (χ3n) is 4.48. The molecule has 10 heteroatoms. The van der Waals surface area contributed by atoms with E-state index in [1.807, 2.05) is 0 Å². The largest absolute Gasteiger partial charge is 0.471 e. The topological polar surface area (TPSA) is 78.1 Å². The van der Waals surface area contributed by atoms with Gasteiger partial charge in [0, 0.05) is 29.2 Å². The SMILES string of the molecule is O=C(Nc1ccc2c(c1)CN(C(=O)C(F)(F)F)C2)c1cc(Cl)cc2[nH]ncc12. The van der Waals surface area contributed by atoms with Crippen molar-refractivity contribution in [1.82, 2.24) is 15.1 Å². The molecule has 144 valence electrons. The zero-order chi connectivity index (χ0) is 20.1. The number of aromatic nitrogens is 2. The first-order valence-corrected chi connectivity index (χ1v) is 8.52. The maximum Gasteiger partial charge on any atom is 0.471 e. The second-order valence-electron chi connectivity index (χ2n) is 6.38. The summed E-state index contributed by atoms with van der Waals surface area (Å²) in [7, 11) is 0. The Balaban J connectivity index is 1.56. The van der Waals surface area contributed by atoms with Crippen molar-refractivity contribution >= 4 is 40.0 Å². The second-order valence-corrected chi connectivity index (χ2v) is 6.82. The Bertz CT molecular complexity index is 1110. The Morgan fingerprint density at radius 2 is 1.89 bits per heavy atom. The molecule has 4 rings (SSSR count). The molecule has 2 aromatic carbocycles. The number of nitrogens with zero attached hydrogens (tertiary/aromatic N) is 2. The van der Waals surface area contributed by atoms with Crippen molar-refractivity contribution < 1.29 is 22.8 Å². The van der Waals surface area contributed by atoms with Gasteiger partial charge in [-0.3, -0.25) is 14.7 Å². The summed E-state index contributed by atoms with van der Waals surface area (Å²) < 4.78 is 37.9. The molecule has 1 aliphatic rings. The van der Waals surface area contributed by atoms with Crippen LogP contribution in [0.3, 0.4) is 0 Å². The number of H-pyrrole nitrogens is 1. The lowest BCUT2D eigenvalue weighted by atomic mass is 10.1. The third-order valence-corrected chi connectivity index (χ3v) is 4.70. The Kier molecular flexibility index (Phi) is 4.26. The summed E-state index contributed by atoms with van der Waals surface area (Å²) in [6.45, 7) is -0.285. The van der Waals surface area contributed by atoms with Crippen LogP contribution in [-0.4, -0.2) is 33.1 Å². The molecule has 3 aromatic rings. The average molecular weight is 409 g/mol. The van der Waals surface area contributed by atoms with Gasteiger partial charge in [0.25, 0.3) is 5.91 Å². The summed E-state index contributed by atoms with van der Waals surface area (Å²) in [6.07, 6.45) is -3.41. The average Bonchev–Trinajstić information content (AvgIpc) is 3.25. The molecule has 0 spiro atoms. The van der Waals surface area contributed by atoms with Gasteiger partial charge in [-0.25, -0.2) is 0 Å². The van der Waals surface area contributed by atoms with E-state index in [1.165, 1.54) is 12.3 Å². The highest BCUT2D eigenvalue weighted by atomic mass is 35.5. The first kappa shape index (κ1) is 18.3. The molecular formula is C18H12ClF3N4O2. The number of amides is 2. The maximum absolute atomic E-state index is 12.7. The second kappa shape index (κ2) is 6.52. The normalized spacial score (nSPS) is 13.6. The van der Waals surface area contributed by atoms with Crippen LogP contribution in [0.2, 0.25) is 5.02 Å². The van der Waals surface area contributed by atoms with Gasteiger partial charge in [-0.1, -0.05) is 17.7 Å². The number of nitrogens with one attached hydrogen (secondary N) is 2. The lowest BCUT2D eigenvalue weighted by Crippen LogP contribution is -2.37.